The van der Waals surface area contributed by atoms with E-state index in [1.165, 1.54) is 11.1 Å². The zero-order valence-corrected chi connectivity index (χ0v) is 27.1. The second-order valence-electron chi connectivity index (χ2n) is 11.5. The minimum Gasteiger partial charge on any atom is -0.496 e. The van der Waals surface area contributed by atoms with Crippen molar-refractivity contribution in [1.82, 2.24) is 14.3 Å². The topological polar surface area (TPSA) is 120 Å². The molecule has 0 bridgehead atoms. The van der Waals surface area contributed by atoms with E-state index in [-0.39, 0.29) is 16.7 Å². The molecule has 0 unspecified atom stereocenters. The van der Waals surface area contributed by atoms with Crippen LogP contribution in [0.25, 0.3) is 0 Å². The van der Waals surface area contributed by atoms with Gasteiger partial charge in [-0.2, -0.15) is 8.42 Å². The van der Waals surface area contributed by atoms with Crippen LogP contribution >= 0.6 is 11.3 Å². The highest BCUT2D eigenvalue weighted by Crippen LogP contribution is 2.39. The highest BCUT2D eigenvalue weighted by molar-refractivity contribution is 7.92. The number of sulfonamides is 1. The standard InChI is InChI=1S/C33H39N3O6S2/c1-21-20-43-33(34-21)44(39,40)35-31(37)10-9-23-11-12-36(18-23)19-28(15-24-13-25-7-5-6-8-26(25)14-24)32(38)27-16-29(41-3)22(2)30(17-27)42-4/h5-8,11-12,16-18,20,24,28,32,38H,9-10,13-15,19H2,1-4H3,(H,35,37)/t28-,32+/m0/s1. The van der Waals surface area contributed by atoms with Crippen LogP contribution in [-0.2, 0) is 40.6 Å². The number of aliphatic hydroxyl groups excluding tert-OH is 1. The molecule has 0 aliphatic heterocycles. The van der Waals surface area contributed by atoms with Gasteiger partial charge in [0.1, 0.15) is 11.5 Å². The van der Waals surface area contributed by atoms with Crippen LogP contribution in [0.4, 0.5) is 0 Å². The maximum absolute atomic E-state index is 12.5. The number of fused-ring (bicyclic) bond motifs is 1. The first-order valence-electron chi connectivity index (χ1n) is 14.7. The van der Waals surface area contributed by atoms with Gasteiger partial charge in [-0.1, -0.05) is 24.3 Å². The second-order valence-corrected chi connectivity index (χ2v) is 14.2. The summed E-state index contributed by atoms with van der Waals surface area (Å²) in [7, 11) is -0.750. The van der Waals surface area contributed by atoms with E-state index in [9.17, 15) is 18.3 Å². The lowest BCUT2D eigenvalue weighted by atomic mass is 9.85. The third-order valence-electron chi connectivity index (χ3n) is 8.31. The number of nitrogens with zero attached hydrogens (tertiary/aromatic N) is 2. The number of nitrogens with one attached hydrogen (secondary N) is 1. The Morgan fingerprint density at radius 1 is 1.11 bits per heavy atom. The highest BCUT2D eigenvalue weighted by Gasteiger charge is 2.30. The zero-order valence-electron chi connectivity index (χ0n) is 25.4. The number of carbonyl (C=O) groups is 1. The lowest BCUT2D eigenvalue weighted by molar-refractivity contribution is -0.119. The molecule has 0 spiro atoms. The summed E-state index contributed by atoms with van der Waals surface area (Å²) in [6.45, 7) is 4.20. The van der Waals surface area contributed by atoms with Gasteiger partial charge in [0.15, 0.2) is 0 Å². The molecule has 2 aromatic heterocycles. The summed E-state index contributed by atoms with van der Waals surface area (Å²) in [4.78, 5) is 16.5. The number of thiazole rings is 1. The lowest BCUT2D eigenvalue weighted by Gasteiger charge is -2.27. The van der Waals surface area contributed by atoms with E-state index in [1.807, 2.05) is 42.1 Å². The molecule has 2 atom stereocenters. The Kier molecular flexibility index (Phi) is 9.77. The van der Waals surface area contributed by atoms with Crippen molar-refractivity contribution in [3.63, 3.8) is 0 Å². The number of carbonyl (C=O) groups excluding carboxylic acids is 1. The van der Waals surface area contributed by atoms with Gasteiger partial charge < -0.3 is 19.1 Å². The molecule has 4 aromatic rings. The quantitative estimate of drug-likeness (QED) is 0.208. The fourth-order valence-electron chi connectivity index (χ4n) is 6.08. The van der Waals surface area contributed by atoms with Crippen molar-refractivity contribution in [3.05, 3.63) is 93.7 Å². The summed E-state index contributed by atoms with van der Waals surface area (Å²) in [5.41, 5.74) is 5.86. The molecule has 0 saturated heterocycles. The molecular formula is C33H39N3O6S2. The van der Waals surface area contributed by atoms with Crippen molar-refractivity contribution in [3.8, 4) is 11.5 Å². The maximum atomic E-state index is 12.5. The van der Waals surface area contributed by atoms with Gasteiger partial charge in [-0.15, -0.1) is 11.3 Å². The average Bonchev–Trinajstić information content (AvgIpc) is 3.75. The lowest BCUT2D eigenvalue weighted by Crippen LogP contribution is -2.30. The van der Waals surface area contributed by atoms with Crippen LogP contribution in [0.1, 0.15) is 52.5 Å². The minimum absolute atomic E-state index is 0.0168. The molecule has 0 fully saturated rings. The van der Waals surface area contributed by atoms with Crippen molar-refractivity contribution in [1.29, 1.82) is 0 Å². The molecule has 2 aromatic carbocycles. The Labute approximate surface area is 262 Å². The number of aliphatic hydroxyl groups is 1. The fourth-order valence-corrected chi connectivity index (χ4v) is 8.13. The third kappa shape index (κ3) is 7.34. The zero-order chi connectivity index (χ0) is 31.4. The molecule has 1 amide bonds. The molecule has 9 nitrogen and oxygen atoms in total. The largest absolute Gasteiger partial charge is 0.496 e. The van der Waals surface area contributed by atoms with Crippen molar-refractivity contribution in [2.45, 2.75) is 62.9 Å². The molecule has 11 heteroatoms. The minimum atomic E-state index is -3.98. The SMILES string of the molecule is COc1cc([C@@H](O)[C@@H](CC2Cc3ccccc3C2)Cn2ccc(CCC(=O)NS(=O)(=O)c3nc(C)cs3)c2)cc(OC)c1C. The van der Waals surface area contributed by atoms with Gasteiger partial charge in [0.05, 0.1) is 20.3 Å². The van der Waals surface area contributed by atoms with Crippen molar-refractivity contribution in [2.24, 2.45) is 11.8 Å². The van der Waals surface area contributed by atoms with E-state index in [0.29, 0.717) is 36.1 Å². The van der Waals surface area contributed by atoms with Gasteiger partial charge >= 0.3 is 0 Å². The first-order valence-corrected chi connectivity index (χ1v) is 17.0. The number of hydrogen-bond donors (Lipinski definition) is 2. The van der Waals surface area contributed by atoms with E-state index in [4.69, 9.17) is 9.47 Å². The maximum Gasteiger partial charge on any atom is 0.291 e. The fraction of sp³-hybridized carbons (Fsp3) is 0.394. The number of benzene rings is 2. The van der Waals surface area contributed by atoms with E-state index in [1.54, 1.807) is 26.5 Å². The van der Waals surface area contributed by atoms with Gasteiger partial charge in [0.2, 0.25) is 10.2 Å². The second kappa shape index (κ2) is 13.5. The van der Waals surface area contributed by atoms with Crippen molar-refractivity contribution in [2.75, 3.05) is 14.2 Å². The molecule has 5 rings (SSSR count). The Morgan fingerprint density at radius 2 is 1.77 bits per heavy atom. The van der Waals surface area contributed by atoms with Crippen LogP contribution in [0.3, 0.4) is 0 Å². The molecular weight excluding hydrogens is 599 g/mol. The predicted molar refractivity (Wildman–Crippen MR) is 170 cm³/mol. The number of rotatable bonds is 13. The Morgan fingerprint density at radius 3 is 2.36 bits per heavy atom. The van der Waals surface area contributed by atoms with Crippen LogP contribution < -0.4 is 14.2 Å². The van der Waals surface area contributed by atoms with Crippen LogP contribution in [0.15, 0.2) is 64.6 Å². The van der Waals surface area contributed by atoms with E-state index in [0.717, 1.165) is 47.3 Å². The molecule has 2 N–H and O–H groups in total. The van der Waals surface area contributed by atoms with Gasteiger partial charge in [-0.3, -0.25) is 4.79 Å². The summed E-state index contributed by atoms with van der Waals surface area (Å²) in [5.74, 6) is 1.05. The summed E-state index contributed by atoms with van der Waals surface area (Å²) in [5, 5.41) is 13.4. The number of methoxy groups -OCH3 is 2. The molecule has 234 valence electrons. The molecule has 1 aliphatic carbocycles. The highest BCUT2D eigenvalue weighted by atomic mass is 32.2. The van der Waals surface area contributed by atoms with Gasteiger partial charge in [0.25, 0.3) is 10.0 Å². The van der Waals surface area contributed by atoms with Crippen LogP contribution in [0.5, 0.6) is 11.5 Å². The van der Waals surface area contributed by atoms with E-state index in [2.05, 4.69) is 34.0 Å². The van der Waals surface area contributed by atoms with E-state index < -0.39 is 22.0 Å². The van der Waals surface area contributed by atoms with Gasteiger partial charge in [-0.25, -0.2) is 9.71 Å². The van der Waals surface area contributed by atoms with Crippen LogP contribution in [0.2, 0.25) is 0 Å². The molecule has 44 heavy (non-hydrogen) atoms. The first kappa shape index (κ1) is 31.7. The number of hydrogen-bond acceptors (Lipinski definition) is 8. The number of amides is 1. The summed E-state index contributed by atoms with van der Waals surface area (Å²) >= 11 is 0.983. The Balaban J connectivity index is 1.29. The van der Waals surface area contributed by atoms with Crippen LogP contribution in [-0.4, -0.2) is 43.2 Å². The average molecular weight is 638 g/mol. The molecule has 2 heterocycles. The molecule has 0 saturated carbocycles. The van der Waals surface area contributed by atoms with Crippen molar-refractivity contribution >= 4 is 27.3 Å². The predicted octanol–water partition coefficient (Wildman–Crippen LogP) is 5.17. The van der Waals surface area contributed by atoms with Gasteiger partial charge in [-0.05, 0) is 85.9 Å². The molecule has 1 aliphatic rings. The summed E-state index contributed by atoms with van der Waals surface area (Å²) < 4.78 is 40.1. The smallest absolute Gasteiger partial charge is 0.291 e. The van der Waals surface area contributed by atoms with E-state index >= 15 is 0 Å². The summed E-state index contributed by atoms with van der Waals surface area (Å²) in [6, 6.07) is 14.2. The van der Waals surface area contributed by atoms with Gasteiger partial charge in [0, 0.05) is 47.9 Å². The first-order chi connectivity index (χ1) is 21.1. The Bertz CT molecular complexity index is 1680. The Hall–Kier alpha value is -3.67. The molecule has 0 radical (unpaired) electrons. The number of aryl methyl sites for hydroxylation is 2. The summed E-state index contributed by atoms with van der Waals surface area (Å²) in [6.07, 6.45) is 6.32. The van der Waals surface area contributed by atoms with Crippen LogP contribution in [0, 0.1) is 25.7 Å². The normalized spacial score (nSPS) is 14.7. The number of aromatic nitrogens is 2. The third-order valence-corrected chi connectivity index (χ3v) is 11.1. The monoisotopic (exact) mass is 637 g/mol. The number of ether oxygens (including phenoxy) is 2. The van der Waals surface area contributed by atoms with Crippen molar-refractivity contribution < 1.29 is 27.8 Å².